The number of likely N-dealkylation sites (tertiary alicyclic amines) is 1. The maximum atomic E-state index is 10.2. The lowest BCUT2D eigenvalue weighted by atomic mass is 10.1. The molecule has 0 saturated carbocycles. The van der Waals surface area contributed by atoms with Gasteiger partial charge in [-0.3, -0.25) is 0 Å². The molecule has 2 N–H and O–H groups in total. The summed E-state index contributed by atoms with van der Waals surface area (Å²) in [6.45, 7) is 6.80. The molecule has 1 aliphatic heterocycles. The predicted octanol–water partition coefficient (Wildman–Crippen LogP) is 3.13. The summed E-state index contributed by atoms with van der Waals surface area (Å²) in [6, 6.07) is 14.4. The highest BCUT2D eigenvalue weighted by Crippen LogP contribution is 2.28. The van der Waals surface area contributed by atoms with E-state index in [1.54, 1.807) is 7.11 Å². The van der Waals surface area contributed by atoms with Gasteiger partial charge in [-0.2, -0.15) is 0 Å². The Hall–Kier alpha value is -2.08. The number of benzene rings is 2. The second kappa shape index (κ2) is 10.5. The Balaban J connectivity index is 1.49. The molecule has 5 nitrogen and oxygen atoms in total. The molecule has 5 heteroatoms. The summed E-state index contributed by atoms with van der Waals surface area (Å²) in [4.78, 5) is 2.29. The topological polar surface area (TPSA) is 54.0 Å². The average Bonchev–Trinajstić information content (AvgIpc) is 3.21. The summed E-state index contributed by atoms with van der Waals surface area (Å²) >= 11 is 0. The van der Waals surface area contributed by atoms with E-state index in [0.29, 0.717) is 18.0 Å². The predicted molar refractivity (Wildman–Crippen MR) is 112 cm³/mol. The van der Waals surface area contributed by atoms with Crippen molar-refractivity contribution in [1.29, 1.82) is 0 Å². The molecule has 28 heavy (non-hydrogen) atoms. The number of β-amino-alcohol motifs (C(OH)–C–C–N with tert-alkyl or cyclic N) is 1. The Morgan fingerprint density at radius 1 is 1.07 bits per heavy atom. The highest BCUT2D eigenvalue weighted by atomic mass is 16.5. The molecular formula is C23H32N2O3. The minimum atomic E-state index is -0.488. The second-order valence-corrected chi connectivity index (χ2v) is 7.49. The van der Waals surface area contributed by atoms with Crippen molar-refractivity contribution in [2.24, 2.45) is 0 Å². The minimum absolute atomic E-state index is 0.276. The zero-order chi connectivity index (χ0) is 19.8. The SMILES string of the molecule is COc1cc(CNCc2ccccc2C)ccc1OC[C@@H](O)CN1CCCC1. The van der Waals surface area contributed by atoms with Gasteiger partial charge in [-0.15, -0.1) is 0 Å². The third-order valence-corrected chi connectivity index (χ3v) is 5.23. The lowest BCUT2D eigenvalue weighted by molar-refractivity contribution is 0.0747. The van der Waals surface area contributed by atoms with E-state index in [0.717, 1.165) is 31.7 Å². The fraction of sp³-hybridized carbons (Fsp3) is 0.478. The molecule has 1 atom stereocenters. The molecular weight excluding hydrogens is 352 g/mol. The van der Waals surface area contributed by atoms with Crippen molar-refractivity contribution in [3.8, 4) is 11.5 Å². The maximum absolute atomic E-state index is 10.2. The number of aliphatic hydroxyl groups is 1. The van der Waals surface area contributed by atoms with Crippen molar-refractivity contribution in [3.63, 3.8) is 0 Å². The third-order valence-electron chi connectivity index (χ3n) is 5.23. The van der Waals surface area contributed by atoms with E-state index in [1.165, 1.54) is 24.0 Å². The van der Waals surface area contributed by atoms with Crippen LogP contribution in [-0.2, 0) is 13.1 Å². The van der Waals surface area contributed by atoms with Crippen molar-refractivity contribution in [2.75, 3.05) is 33.4 Å². The normalized spacial score (nSPS) is 15.5. The number of rotatable bonds is 10. The van der Waals surface area contributed by atoms with E-state index in [-0.39, 0.29) is 6.61 Å². The molecule has 2 aromatic rings. The maximum Gasteiger partial charge on any atom is 0.161 e. The van der Waals surface area contributed by atoms with E-state index >= 15 is 0 Å². The number of hydrogen-bond donors (Lipinski definition) is 2. The van der Waals surface area contributed by atoms with Crippen LogP contribution < -0.4 is 14.8 Å². The number of aliphatic hydroxyl groups excluding tert-OH is 1. The first-order valence-corrected chi connectivity index (χ1v) is 10.1. The number of nitrogens with one attached hydrogen (secondary N) is 1. The van der Waals surface area contributed by atoms with E-state index in [9.17, 15) is 5.11 Å². The number of methoxy groups -OCH3 is 1. The summed E-state index contributed by atoms with van der Waals surface area (Å²) in [6.07, 6.45) is 1.96. The van der Waals surface area contributed by atoms with Gasteiger partial charge in [0.25, 0.3) is 0 Å². The van der Waals surface area contributed by atoms with Crippen LogP contribution in [0.1, 0.15) is 29.5 Å². The van der Waals surface area contributed by atoms with Gasteiger partial charge >= 0.3 is 0 Å². The summed E-state index contributed by atoms with van der Waals surface area (Å²) in [5, 5.41) is 13.7. The molecule has 152 valence electrons. The highest BCUT2D eigenvalue weighted by molar-refractivity contribution is 5.43. The fourth-order valence-corrected chi connectivity index (χ4v) is 3.59. The lowest BCUT2D eigenvalue weighted by Gasteiger charge is -2.20. The molecule has 0 bridgehead atoms. The molecule has 0 aliphatic carbocycles. The summed E-state index contributed by atoms with van der Waals surface area (Å²) in [7, 11) is 1.65. The van der Waals surface area contributed by atoms with Crippen molar-refractivity contribution in [1.82, 2.24) is 10.2 Å². The number of aryl methyl sites for hydroxylation is 1. The molecule has 0 radical (unpaired) electrons. The molecule has 0 spiro atoms. The quantitative estimate of drug-likeness (QED) is 0.659. The summed E-state index contributed by atoms with van der Waals surface area (Å²) in [5.41, 5.74) is 3.74. The first kappa shape index (κ1) is 20.6. The molecule has 1 heterocycles. The Kier molecular flexibility index (Phi) is 7.71. The number of nitrogens with zero attached hydrogens (tertiary/aromatic N) is 1. The lowest BCUT2D eigenvalue weighted by Crippen LogP contribution is -2.33. The Labute approximate surface area is 168 Å². The standard InChI is InChI=1S/C23H32N2O3/c1-18-7-3-4-8-20(18)15-24-14-19-9-10-22(23(13-19)27-2)28-17-21(26)16-25-11-5-6-12-25/h3-4,7-10,13,21,24,26H,5-6,11-12,14-17H2,1-2H3/t21-/m0/s1. The zero-order valence-electron chi connectivity index (χ0n) is 17.0. The van der Waals surface area contributed by atoms with E-state index in [2.05, 4.69) is 41.4 Å². The van der Waals surface area contributed by atoms with Crippen LogP contribution in [-0.4, -0.2) is 49.5 Å². The van der Waals surface area contributed by atoms with Gasteiger partial charge < -0.3 is 24.8 Å². The first-order valence-electron chi connectivity index (χ1n) is 10.1. The van der Waals surface area contributed by atoms with Crippen molar-refractivity contribution in [2.45, 2.75) is 39.0 Å². The van der Waals surface area contributed by atoms with Crippen LogP contribution >= 0.6 is 0 Å². The minimum Gasteiger partial charge on any atom is -0.493 e. The summed E-state index contributed by atoms with van der Waals surface area (Å²) in [5.74, 6) is 1.37. The van der Waals surface area contributed by atoms with Gasteiger partial charge in [0, 0.05) is 19.6 Å². The van der Waals surface area contributed by atoms with Crippen LogP contribution in [0.25, 0.3) is 0 Å². The third kappa shape index (κ3) is 5.96. The Morgan fingerprint density at radius 2 is 1.86 bits per heavy atom. The van der Waals surface area contributed by atoms with Crippen molar-refractivity contribution in [3.05, 3.63) is 59.2 Å². The molecule has 0 aromatic heterocycles. The van der Waals surface area contributed by atoms with Gasteiger partial charge in [0.2, 0.25) is 0 Å². The van der Waals surface area contributed by atoms with E-state index in [4.69, 9.17) is 9.47 Å². The van der Waals surface area contributed by atoms with E-state index in [1.807, 2.05) is 18.2 Å². The van der Waals surface area contributed by atoms with Crippen molar-refractivity contribution >= 4 is 0 Å². The first-order chi connectivity index (χ1) is 13.7. The Morgan fingerprint density at radius 3 is 2.61 bits per heavy atom. The number of hydrogen-bond acceptors (Lipinski definition) is 5. The average molecular weight is 385 g/mol. The number of ether oxygens (including phenoxy) is 2. The smallest absolute Gasteiger partial charge is 0.161 e. The second-order valence-electron chi connectivity index (χ2n) is 7.49. The van der Waals surface area contributed by atoms with Gasteiger partial charge in [0.1, 0.15) is 12.7 Å². The van der Waals surface area contributed by atoms with Crippen LogP contribution in [0.2, 0.25) is 0 Å². The highest BCUT2D eigenvalue weighted by Gasteiger charge is 2.17. The van der Waals surface area contributed by atoms with Gasteiger partial charge in [0.05, 0.1) is 7.11 Å². The Bertz CT molecular complexity index is 744. The van der Waals surface area contributed by atoms with Crippen LogP contribution in [0.4, 0.5) is 0 Å². The molecule has 1 aliphatic rings. The molecule has 1 fully saturated rings. The van der Waals surface area contributed by atoms with Crippen LogP contribution in [0.5, 0.6) is 11.5 Å². The van der Waals surface area contributed by atoms with Crippen LogP contribution in [0, 0.1) is 6.92 Å². The zero-order valence-corrected chi connectivity index (χ0v) is 17.0. The van der Waals surface area contributed by atoms with E-state index < -0.39 is 6.10 Å². The molecule has 1 saturated heterocycles. The largest absolute Gasteiger partial charge is 0.493 e. The van der Waals surface area contributed by atoms with Gasteiger partial charge in [-0.1, -0.05) is 30.3 Å². The van der Waals surface area contributed by atoms with Gasteiger partial charge in [-0.25, -0.2) is 0 Å². The van der Waals surface area contributed by atoms with Gasteiger partial charge in [0.15, 0.2) is 11.5 Å². The summed E-state index contributed by atoms with van der Waals surface area (Å²) < 4.78 is 11.3. The molecule has 3 rings (SSSR count). The van der Waals surface area contributed by atoms with Crippen LogP contribution in [0.3, 0.4) is 0 Å². The molecule has 0 unspecified atom stereocenters. The molecule has 2 aromatic carbocycles. The van der Waals surface area contributed by atoms with Crippen molar-refractivity contribution < 1.29 is 14.6 Å². The fourth-order valence-electron chi connectivity index (χ4n) is 3.59. The van der Waals surface area contributed by atoms with Crippen LogP contribution in [0.15, 0.2) is 42.5 Å². The molecule has 0 amide bonds. The monoisotopic (exact) mass is 384 g/mol. The van der Waals surface area contributed by atoms with Gasteiger partial charge in [-0.05, 0) is 61.7 Å².